The molecule has 1 amide bonds. The Hall–Kier alpha value is -1.01. The van der Waals surface area contributed by atoms with Gasteiger partial charge in [-0.1, -0.05) is 37.0 Å². The van der Waals surface area contributed by atoms with Crippen LogP contribution in [0.1, 0.15) is 35.9 Å². The van der Waals surface area contributed by atoms with E-state index in [1.54, 1.807) is 11.3 Å². The number of H-pyrrole nitrogens is 1. The van der Waals surface area contributed by atoms with Crippen molar-refractivity contribution in [3.05, 3.63) is 44.3 Å². The average Bonchev–Trinajstić information content (AvgIpc) is 3.14. The Morgan fingerprint density at radius 1 is 1.41 bits per heavy atom. The normalized spacial score (nSPS) is 12.6. The highest BCUT2D eigenvalue weighted by Gasteiger charge is 2.20. The number of aromatic amines is 1. The highest BCUT2D eigenvalue weighted by Crippen LogP contribution is 2.23. The SMILES string of the molecule is CCN(CC)C(CNC(=O)c1cc(Cl)c(Cl)[nH]1)c1ccsc1. The highest BCUT2D eigenvalue weighted by molar-refractivity contribution is 7.07. The van der Waals surface area contributed by atoms with Crippen LogP contribution < -0.4 is 5.32 Å². The van der Waals surface area contributed by atoms with Crippen molar-refractivity contribution in [2.24, 2.45) is 0 Å². The zero-order valence-electron chi connectivity index (χ0n) is 12.5. The molecular weight excluding hydrogens is 341 g/mol. The molecule has 2 heterocycles. The lowest BCUT2D eigenvalue weighted by molar-refractivity contribution is 0.0930. The number of likely N-dealkylation sites (N-methyl/N-ethyl adjacent to an activating group) is 1. The van der Waals surface area contributed by atoms with Gasteiger partial charge in [0.05, 0.1) is 11.1 Å². The van der Waals surface area contributed by atoms with E-state index >= 15 is 0 Å². The molecule has 0 aromatic carbocycles. The number of halogens is 2. The topological polar surface area (TPSA) is 48.1 Å². The third kappa shape index (κ3) is 4.04. The number of carbonyl (C=O) groups excluding carboxylic acids is 1. The maximum absolute atomic E-state index is 12.2. The van der Waals surface area contributed by atoms with Gasteiger partial charge in [-0.25, -0.2) is 0 Å². The summed E-state index contributed by atoms with van der Waals surface area (Å²) in [4.78, 5) is 17.3. The van der Waals surface area contributed by atoms with Crippen molar-refractivity contribution in [1.29, 1.82) is 0 Å². The molecule has 7 heteroatoms. The first-order chi connectivity index (χ1) is 10.6. The van der Waals surface area contributed by atoms with Crippen LogP contribution >= 0.6 is 34.5 Å². The third-order valence-electron chi connectivity index (χ3n) is 3.61. The molecule has 0 spiro atoms. The zero-order chi connectivity index (χ0) is 16.1. The summed E-state index contributed by atoms with van der Waals surface area (Å²) < 4.78 is 0. The van der Waals surface area contributed by atoms with E-state index in [-0.39, 0.29) is 17.1 Å². The quantitative estimate of drug-likeness (QED) is 0.778. The van der Waals surface area contributed by atoms with Crippen LogP contribution in [0.15, 0.2) is 22.9 Å². The molecule has 0 aliphatic carbocycles. The molecule has 2 N–H and O–H groups in total. The number of rotatable bonds is 7. The lowest BCUT2D eigenvalue weighted by Crippen LogP contribution is -2.38. The number of amides is 1. The van der Waals surface area contributed by atoms with Gasteiger partial charge in [-0.3, -0.25) is 9.69 Å². The molecule has 0 saturated carbocycles. The van der Waals surface area contributed by atoms with Crippen LogP contribution in [0, 0.1) is 0 Å². The lowest BCUT2D eigenvalue weighted by atomic mass is 10.1. The van der Waals surface area contributed by atoms with Crippen LogP contribution in [-0.2, 0) is 0 Å². The van der Waals surface area contributed by atoms with Gasteiger partial charge in [0.15, 0.2) is 0 Å². The van der Waals surface area contributed by atoms with Gasteiger partial charge < -0.3 is 10.3 Å². The maximum atomic E-state index is 12.2. The predicted octanol–water partition coefficient (Wildman–Crippen LogP) is 4.20. The van der Waals surface area contributed by atoms with Crippen LogP contribution in [0.25, 0.3) is 0 Å². The Kier molecular flexibility index (Phi) is 6.32. The van der Waals surface area contributed by atoms with Crippen molar-refractivity contribution in [3.63, 3.8) is 0 Å². The molecule has 2 aromatic rings. The molecule has 0 fully saturated rings. The van der Waals surface area contributed by atoms with E-state index in [9.17, 15) is 4.79 Å². The van der Waals surface area contributed by atoms with E-state index in [4.69, 9.17) is 23.2 Å². The molecule has 0 saturated heterocycles. The Labute approximate surface area is 144 Å². The van der Waals surface area contributed by atoms with Gasteiger partial charge in [-0.05, 0) is 41.5 Å². The van der Waals surface area contributed by atoms with E-state index in [2.05, 4.69) is 45.9 Å². The van der Waals surface area contributed by atoms with Crippen LogP contribution in [0.4, 0.5) is 0 Å². The molecule has 2 aromatic heterocycles. The number of nitrogens with zero attached hydrogens (tertiary/aromatic N) is 1. The number of nitrogens with one attached hydrogen (secondary N) is 2. The molecule has 0 radical (unpaired) electrons. The first-order valence-corrected chi connectivity index (χ1v) is 8.85. The standard InChI is InChI=1S/C15H19Cl2N3OS/c1-3-20(4-2)13(10-5-6-22-9-10)8-18-15(21)12-7-11(16)14(17)19-12/h5-7,9,13,19H,3-4,8H2,1-2H3,(H,18,21). The van der Waals surface area contributed by atoms with Gasteiger partial charge in [0.2, 0.25) is 0 Å². The van der Waals surface area contributed by atoms with Gasteiger partial charge in [0.25, 0.3) is 5.91 Å². The van der Waals surface area contributed by atoms with Crippen LogP contribution in [-0.4, -0.2) is 35.4 Å². The summed E-state index contributed by atoms with van der Waals surface area (Å²) in [6.45, 7) is 6.62. The minimum atomic E-state index is -0.207. The van der Waals surface area contributed by atoms with Crippen molar-refractivity contribution in [3.8, 4) is 0 Å². The van der Waals surface area contributed by atoms with E-state index in [1.807, 2.05) is 0 Å². The van der Waals surface area contributed by atoms with E-state index in [1.165, 1.54) is 11.6 Å². The summed E-state index contributed by atoms with van der Waals surface area (Å²) in [5, 5.41) is 7.76. The lowest BCUT2D eigenvalue weighted by Gasteiger charge is -2.29. The van der Waals surface area contributed by atoms with Gasteiger partial charge >= 0.3 is 0 Å². The van der Waals surface area contributed by atoms with Crippen molar-refractivity contribution >= 4 is 40.4 Å². The number of thiophene rings is 1. The van der Waals surface area contributed by atoms with Gasteiger partial charge in [-0.2, -0.15) is 11.3 Å². The Morgan fingerprint density at radius 3 is 2.64 bits per heavy atom. The monoisotopic (exact) mass is 359 g/mol. The summed E-state index contributed by atoms with van der Waals surface area (Å²) in [6.07, 6.45) is 0. The van der Waals surface area contributed by atoms with Gasteiger partial charge in [0, 0.05) is 6.54 Å². The van der Waals surface area contributed by atoms with Crippen molar-refractivity contribution in [2.45, 2.75) is 19.9 Å². The van der Waals surface area contributed by atoms with Crippen LogP contribution in [0.2, 0.25) is 10.2 Å². The predicted molar refractivity (Wildman–Crippen MR) is 93.1 cm³/mol. The summed E-state index contributed by atoms with van der Waals surface area (Å²) >= 11 is 13.4. The molecular formula is C15H19Cl2N3OS. The van der Waals surface area contributed by atoms with Crippen molar-refractivity contribution in [2.75, 3.05) is 19.6 Å². The fraction of sp³-hybridized carbons (Fsp3) is 0.400. The maximum Gasteiger partial charge on any atom is 0.267 e. The second-order valence-electron chi connectivity index (χ2n) is 4.85. The minimum Gasteiger partial charge on any atom is -0.349 e. The van der Waals surface area contributed by atoms with Crippen molar-refractivity contribution in [1.82, 2.24) is 15.2 Å². The number of hydrogen-bond acceptors (Lipinski definition) is 3. The Balaban J connectivity index is 2.06. The molecule has 0 aliphatic heterocycles. The summed E-state index contributed by atoms with van der Waals surface area (Å²) in [5.74, 6) is -0.207. The third-order valence-corrected chi connectivity index (χ3v) is 5.00. The average molecular weight is 360 g/mol. The molecule has 0 aliphatic rings. The zero-order valence-corrected chi connectivity index (χ0v) is 14.9. The van der Waals surface area contributed by atoms with E-state index < -0.39 is 0 Å². The first kappa shape index (κ1) is 17.3. The second kappa shape index (κ2) is 8.02. The second-order valence-corrected chi connectivity index (χ2v) is 6.41. The van der Waals surface area contributed by atoms with E-state index in [0.717, 1.165) is 13.1 Å². The molecule has 1 atom stereocenters. The molecule has 120 valence electrons. The van der Waals surface area contributed by atoms with Crippen LogP contribution in [0.5, 0.6) is 0 Å². The summed E-state index contributed by atoms with van der Waals surface area (Å²) in [5.41, 5.74) is 1.59. The molecule has 22 heavy (non-hydrogen) atoms. The number of hydrogen-bond donors (Lipinski definition) is 2. The Morgan fingerprint density at radius 2 is 2.14 bits per heavy atom. The molecule has 0 bridgehead atoms. The molecule has 2 rings (SSSR count). The van der Waals surface area contributed by atoms with Gasteiger partial charge in [0.1, 0.15) is 10.8 Å². The van der Waals surface area contributed by atoms with Gasteiger partial charge in [-0.15, -0.1) is 0 Å². The molecule has 1 unspecified atom stereocenters. The largest absolute Gasteiger partial charge is 0.349 e. The Bertz CT molecular complexity index is 589. The van der Waals surface area contributed by atoms with Crippen molar-refractivity contribution < 1.29 is 4.79 Å². The number of aromatic nitrogens is 1. The summed E-state index contributed by atoms with van der Waals surface area (Å²) in [6, 6.07) is 3.80. The van der Waals surface area contributed by atoms with Crippen LogP contribution in [0.3, 0.4) is 0 Å². The number of carbonyl (C=O) groups is 1. The minimum absolute atomic E-state index is 0.158. The fourth-order valence-electron chi connectivity index (χ4n) is 2.40. The summed E-state index contributed by atoms with van der Waals surface area (Å²) in [7, 11) is 0. The van der Waals surface area contributed by atoms with E-state index in [0.29, 0.717) is 17.3 Å². The molecule has 4 nitrogen and oxygen atoms in total. The smallest absolute Gasteiger partial charge is 0.267 e. The first-order valence-electron chi connectivity index (χ1n) is 7.15. The highest BCUT2D eigenvalue weighted by atomic mass is 35.5. The fourth-order valence-corrected chi connectivity index (χ4v) is 3.42.